The molecule has 2 amide bonds. The van der Waals surface area contributed by atoms with Gasteiger partial charge in [0.25, 0.3) is 5.91 Å². The van der Waals surface area contributed by atoms with Crippen LogP contribution in [-0.4, -0.2) is 25.0 Å². The van der Waals surface area contributed by atoms with Gasteiger partial charge < -0.3 is 10.1 Å². The minimum atomic E-state index is -1.35. The first-order chi connectivity index (χ1) is 11.5. The van der Waals surface area contributed by atoms with Crippen molar-refractivity contribution in [2.24, 2.45) is 0 Å². The van der Waals surface area contributed by atoms with Gasteiger partial charge in [-0.25, -0.2) is 13.2 Å². The summed E-state index contributed by atoms with van der Waals surface area (Å²) in [7, 11) is 0. The Kier molecular flexibility index (Phi) is 4.11. The molecule has 2 aromatic carbocycles. The Hall–Kier alpha value is -3.03. The van der Waals surface area contributed by atoms with E-state index in [2.05, 4.69) is 5.32 Å². The molecule has 0 radical (unpaired) electrons. The van der Waals surface area contributed by atoms with Crippen LogP contribution in [0.2, 0.25) is 0 Å². The first-order valence-electron chi connectivity index (χ1n) is 6.92. The van der Waals surface area contributed by atoms with Crippen LogP contribution in [0.5, 0.6) is 5.75 Å². The number of hydrogen-bond acceptors (Lipinski definition) is 3. The van der Waals surface area contributed by atoms with Gasteiger partial charge >= 0.3 is 0 Å². The van der Waals surface area contributed by atoms with Crippen molar-refractivity contribution in [1.29, 1.82) is 0 Å². The molecule has 1 N–H and O–H groups in total. The predicted molar refractivity (Wildman–Crippen MR) is 79.2 cm³/mol. The Morgan fingerprint density at radius 1 is 1.12 bits per heavy atom. The molecular weight excluding hydrogens is 325 g/mol. The summed E-state index contributed by atoms with van der Waals surface area (Å²) in [6.45, 7) is -0.858. The summed E-state index contributed by atoms with van der Waals surface area (Å²) < 4.78 is 44.4. The number of para-hydroxylation sites is 2. The Morgan fingerprint density at radius 3 is 2.62 bits per heavy atom. The quantitative estimate of drug-likeness (QED) is 0.876. The summed E-state index contributed by atoms with van der Waals surface area (Å²) >= 11 is 0. The van der Waals surface area contributed by atoms with Crippen LogP contribution in [-0.2, 0) is 9.59 Å². The largest absolute Gasteiger partial charge is 0.481 e. The van der Waals surface area contributed by atoms with E-state index in [1.807, 2.05) is 0 Å². The zero-order chi connectivity index (χ0) is 17.3. The van der Waals surface area contributed by atoms with Gasteiger partial charge in [0.1, 0.15) is 6.54 Å². The number of hydrogen-bond donors (Lipinski definition) is 1. The highest BCUT2D eigenvalue weighted by atomic mass is 19.2. The van der Waals surface area contributed by atoms with Crippen LogP contribution in [0, 0.1) is 17.5 Å². The summed E-state index contributed by atoms with van der Waals surface area (Å²) in [6, 6.07) is 7.49. The van der Waals surface area contributed by atoms with Crippen molar-refractivity contribution in [3.8, 4) is 5.75 Å². The zero-order valence-corrected chi connectivity index (χ0v) is 12.2. The molecule has 0 aromatic heterocycles. The molecule has 1 aliphatic rings. The van der Waals surface area contributed by atoms with Crippen LogP contribution in [0.25, 0.3) is 0 Å². The molecule has 1 aliphatic heterocycles. The van der Waals surface area contributed by atoms with Gasteiger partial charge in [-0.2, -0.15) is 0 Å². The van der Waals surface area contributed by atoms with E-state index in [9.17, 15) is 22.8 Å². The van der Waals surface area contributed by atoms with Crippen molar-refractivity contribution in [3.05, 3.63) is 53.8 Å². The van der Waals surface area contributed by atoms with Gasteiger partial charge in [-0.1, -0.05) is 12.1 Å². The molecule has 0 atom stereocenters. The molecule has 2 aromatic rings. The fourth-order valence-electron chi connectivity index (χ4n) is 2.29. The molecule has 1 heterocycles. The Bertz CT molecular complexity index is 826. The van der Waals surface area contributed by atoms with Gasteiger partial charge in [0, 0.05) is 12.1 Å². The fourth-order valence-corrected chi connectivity index (χ4v) is 2.29. The second-order valence-corrected chi connectivity index (χ2v) is 5.03. The number of nitrogens with zero attached hydrogens (tertiary/aromatic N) is 1. The first-order valence-corrected chi connectivity index (χ1v) is 6.92. The number of amides is 2. The lowest BCUT2D eigenvalue weighted by molar-refractivity contribution is -0.123. The Balaban J connectivity index is 1.76. The van der Waals surface area contributed by atoms with E-state index in [-0.39, 0.29) is 12.5 Å². The minimum absolute atomic E-state index is 0.223. The molecule has 0 fully saturated rings. The average molecular weight is 336 g/mol. The van der Waals surface area contributed by atoms with E-state index in [1.54, 1.807) is 24.3 Å². The maximum absolute atomic E-state index is 13.5. The van der Waals surface area contributed by atoms with Crippen LogP contribution < -0.4 is 15.0 Å². The first kappa shape index (κ1) is 15.9. The van der Waals surface area contributed by atoms with Crippen LogP contribution in [0.3, 0.4) is 0 Å². The summed E-state index contributed by atoms with van der Waals surface area (Å²) in [4.78, 5) is 25.1. The van der Waals surface area contributed by atoms with E-state index in [1.165, 1.54) is 4.90 Å². The number of benzene rings is 2. The third-order valence-corrected chi connectivity index (χ3v) is 3.40. The summed E-state index contributed by atoms with van der Waals surface area (Å²) in [5.41, 5.74) is 0.928. The number of anilines is 2. The highest BCUT2D eigenvalue weighted by Crippen LogP contribution is 2.29. The predicted octanol–water partition coefficient (Wildman–Crippen LogP) is 2.47. The van der Waals surface area contributed by atoms with E-state index in [0.717, 1.165) is 0 Å². The number of carbonyl (C=O) groups excluding carboxylic acids is 2. The molecule has 0 spiro atoms. The molecule has 124 valence electrons. The molecule has 3 rings (SSSR count). The third kappa shape index (κ3) is 3.03. The standard InChI is InChI=1S/C16H11F3N2O3/c17-9-5-11(19)14(6-10(9)18)24-8-16(23)21-7-15(22)20-12-3-1-2-4-13(12)21/h1-6H,7-8H2,(H,20,22). The topological polar surface area (TPSA) is 58.6 Å². The number of ether oxygens (including phenoxy) is 1. The summed E-state index contributed by atoms with van der Waals surface area (Å²) in [6.07, 6.45) is 0. The Morgan fingerprint density at radius 2 is 1.83 bits per heavy atom. The van der Waals surface area contributed by atoms with E-state index in [0.29, 0.717) is 23.5 Å². The number of fused-ring (bicyclic) bond motifs is 1. The van der Waals surface area contributed by atoms with E-state index in [4.69, 9.17) is 4.74 Å². The smallest absolute Gasteiger partial charge is 0.265 e. The number of nitrogens with one attached hydrogen (secondary N) is 1. The van der Waals surface area contributed by atoms with E-state index >= 15 is 0 Å². The second-order valence-electron chi connectivity index (χ2n) is 5.03. The molecule has 5 nitrogen and oxygen atoms in total. The monoisotopic (exact) mass is 336 g/mol. The molecular formula is C16H11F3N2O3. The second kappa shape index (κ2) is 6.23. The molecule has 8 heteroatoms. The maximum Gasteiger partial charge on any atom is 0.265 e. The van der Waals surface area contributed by atoms with Gasteiger partial charge in [-0.3, -0.25) is 14.5 Å². The Labute approximate surface area is 134 Å². The number of carbonyl (C=O) groups is 2. The highest BCUT2D eigenvalue weighted by molar-refractivity contribution is 6.10. The van der Waals surface area contributed by atoms with Crippen LogP contribution in [0.4, 0.5) is 24.5 Å². The lowest BCUT2D eigenvalue weighted by atomic mass is 10.2. The van der Waals surface area contributed by atoms with Gasteiger partial charge in [-0.15, -0.1) is 0 Å². The SMILES string of the molecule is O=C1CN(C(=O)COc2cc(F)c(F)cc2F)c2ccccc2N1. The van der Waals surface area contributed by atoms with Crippen molar-refractivity contribution in [2.75, 3.05) is 23.4 Å². The number of rotatable bonds is 3. The normalized spacial score (nSPS) is 13.3. The lowest BCUT2D eigenvalue weighted by Crippen LogP contribution is -2.44. The van der Waals surface area contributed by atoms with Gasteiger partial charge in [-0.05, 0) is 12.1 Å². The van der Waals surface area contributed by atoms with Crippen LogP contribution in [0.15, 0.2) is 36.4 Å². The van der Waals surface area contributed by atoms with Crippen LogP contribution >= 0.6 is 0 Å². The van der Waals surface area contributed by atoms with Crippen molar-refractivity contribution in [3.63, 3.8) is 0 Å². The van der Waals surface area contributed by atoms with Crippen LogP contribution in [0.1, 0.15) is 0 Å². The minimum Gasteiger partial charge on any atom is -0.481 e. The lowest BCUT2D eigenvalue weighted by Gasteiger charge is -2.29. The fraction of sp³-hybridized carbons (Fsp3) is 0.125. The third-order valence-electron chi connectivity index (χ3n) is 3.40. The highest BCUT2D eigenvalue weighted by Gasteiger charge is 2.27. The number of halogens is 3. The van der Waals surface area contributed by atoms with Crippen molar-refractivity contribution < 1.29 is 27.5 Å². The zero-order valence-electron chi connectivity index (χ0n) is 12.2. The van der Waals surface area contributed by atoms with Crippen molar-refractivity contribution in [2.45, 2.75) is 0 Å². The van der Waals surface area contributed by atoms with Crippen molar-refractivity contribution >= 4 is 23.2 Å². The van der Waals surface area contributed by atoms with Crippen molar-refractivity contribution in [1.82, 2.24) is 0 Å². The molecule has 0 bridgehead atoms. The molecule has 0 saturated heterocycles. The molecule has 0 unspecified atom stereocenters. The van der Waals surface area contributed by atoms with Gasteiger partial charge in [0.05, 0.1) is 11.4 Å². The summed E-state index contributed by atoms with van der Waals surface area (Å²) in [5, 5.41) is 2.62. The average Bonchev–Trinajstić information content (AvgIpc) is 2.55. The molecule has 0 aliphatic carbocycles. The summed E-state index contributed by atoms with van der Waals surface area (Å²) in [5.74, 6) is -5.37. The van der Waals surface area contributed by atoms with Gasteiger partial charge in [0.15, 0.2) is 29.8 Å². The molecule has 24 heavy (non-hydrogen) atoms. The van der Waals surface area contributed by atoms with Gasteiger partial charge in [0.2, 0.25) is 5.91 Å². The maximum atomic E-state index is 13.5. The van der Waals surface area contributed by atoms with E-state index < -0.39 is 35.7 Å². The molecule has 0 saturated carbocycles.